The second kappa shape index (κ2) is 7.27. The normalized spacial score (nSPS) is 15.4. The van der Waals surface area contributed by atoms with Crippen molar-refractivity contribution in [2.24, 2.45) is 11.7 Å². The van der Waals surface area contributed by atoms with Gasteiger partial charge in [-0.2, -0.15) is 0 Å². The van der Waals surface area contributed by atoms with E-state index in [1.54, 1.807) is 17.9 Å². The monoisotopic (exact) mass is 361 g/mol. The van der Waals surface area contributed by atoms with Crippen molar-refractivity contribution in [3.63, 3.8) is 0 Å². The van der Waals surface area contributed by atoms with Gasteiger partial charge in [-0.3, -0.25) is 9.59 Å². The SMILES string of the molecule is Cc1oc(-c2ccccc2Cl)nc1CC(=O)N1CCC(C(N)=O)CC1. The molecule has 0 spiro atoms. The van der Waals surface area contributed by atoms with E-state index in [4.69, 9.17) is 21.8 Å². The van der Waals surface area contributed by atoms with Crippen molar-refractivity contribution in [2.45, 2.75) is 26.2 Å². The summed E-state index contributed by atoms with van der Waals surface area (Å²) in [4.78, 5) is 29.9. The molecule has 0 bridgehead atoms. The third kappa shape index (κ3) is 3.85. The molecule has 132 valence electrons. The molecule has 0 atom stereocenters. The molecular weight excluding hydrogens is 342 g/mol. The molecular formula is C18H20ClN3O3. The van der Waals surface area contributed by atoms with Crippen LogP contribution in [0.15, 0.2) is 28.7 Å². The molecule has 25 heavy (non-hydrogen) atoms. The van der Waals surface area contributed by atoms with Crippen LogP contribution < -0.4 is 5.73 Å². The Balaban J connectivity index is 1.69. The average molecular weight is 362 g/mol. The van der Waals surface area contributed by atoms with Crippen molar-refractivity contribution in [3.8, 4) is 11.5 Å². The summed E-state index contributed by atoms with van der Waals surface area (Å²) in [5.41, 5.74) is 6.64. The molecule has 0 radical (unpaired) electrons. The third-order valence-electron chi connectivity index (χ3n) is 4.57. The largest absolute Gasteiger partial charge is 0.441 e. The lowest BCUT2D eigenvalue weighted by atomic mass is 9.96. The van der Waals surface area contributed by atoms with E-state index >= 15 is 0 Å². The quantitative estimate of drug-likeness (QED) is 0.906. The fourth-order valence-corrected chi connectivity index (χ4v) is 3.23. The van der Waals surface area contributed by atoms with Crippen LogP contribution in [0.3, 0.4) is 0 Å². The van der Waals surface area contributed by atoms with Crippen molar-refractivity contribution in [1.29, 1.82) is 0 Å². The molecule has 2 aromatic rings. The lowest BCUT2D eigenvalue weighted by Gasteiger charge is -2.30. The zero-order valence-corrected chi connectivity index (χ0v) is 14.8. The van der Waals surface area contributed by atoms with Gasteiger partial charge in [0.05, 0.1) is 22.7 Å². The summed E-state index contributed by atoms with van der Waals surface area (Å²) in [5.74, 6) is 0.576. The number of hydrogen-bond donors (Lipinski definition) is 1. The highest BCUT2D eigenvalue weighted by molar-refractivity contribution is 6.33. The fraction of sp³-hybridized carbons (Fsp3) is 0.389. The molecule has 6 nitrogen and oxygen atoms in total. The number of amides is 2. The van der Waals surface area contributed by atoms with Gasteiger partial charge in [0.25, 0.3) is 0 Å². The van der Waals surface area contributed by atoms with Gasteiger partial charge in [-0.25, -0.2) is 4.98 Å². The second-order valence-corrected chi connectivity index (χ2v) is 6.64. The van der Waals surface area contributed by atoms with Crippen LogP contribution in [0.2, 0.25) is 5.02 Å². The summed E-state index contributed by atoms with van der Waals surface area (Å²) in [6.07, 6.45) is 1.40. The summed E-state index contributed by atoms with van der Waals surface area (Å²) in [6, 6.07) is 7.29. The highest BCUT2D eigenvalue weighted by Gasteiger charge is 2.27. The highest BCUT2D eigenvalue weighted by Crippen LogP contribution is 2.28. The van der Waals surface area contributed by atoms with Crippen LogP contribution in [0.5, 0.6) is 0 Å². The van der Waals surface area contributed by atoms with Gasteiger partial charge in [-0.15, -0.1) is 0 Å². The first kappa shape index (κ1) is 17.5. The molecule has 1 aliphatic rings. The Hall–Kier alpha value is -2.34. The predicted octanol–water partition coefficient (Wildman–Crippen LogP) is 2.57. The maximum Gasteiger partial charge on any atom is 0.228 e. The van der Waals surface area contributed by atoms with Crippen LogP contribution in [0.4, 0.5) is 0 Å². The van der Waals surface area contributed by atoms with Crippen molar-refractivity contribution in [1.82, 2.24) is 9.88 Å². The van der Waals surface area contributed by atoms with E-state index in [9.17, 15) is 9.59 Å². The number of carbonyl (C=O) groups excluding carboxylic acids is 2. The summed E-state index contributed by atoms with van der Waals surface area (Å²) < 4.78 is 5.69. The molecule has 0 saturated carbocycles. The molecule has 1 fully saturated rings. The Bertz CT molecular complexity index is 795. The van der Waals surface area contributed by atoms with E-state index in [-0.39, 0.29) is 24.2 Å². The van der Waals surface area contributed by atoms with Crippen LogP contribution in [-0.4, -0.2) is 34.8 Å². The number of rotatable bonds is 4. The lowest BCUT2D eigenvalue weighted by Crippen LogP contribution is -2.42. The molecule has 0 aliphatic carbocycles. The summed E-state index contributed by atoms with van der Waals surface area (Å²) in [6.45, 7) is 2.87. The number of hydrogen-bond acceptors (Lipinski definition) is 4. The summed E-state index contributed by atoms with van der Waals surface area (Å²) >= 11 is 6.17. The minimum Gasteiger partial charge on any atom is -0.441 e. The van der Waals surface area contributed by atoms with Gasteiger partial charge in [0, 0.05) is 19.0 Å². The molecule has 7 heteroatoms. The van der Waals surface area contributed by atoms with Crippen LogP contribution >= 0.6 is 11.6 Å². The van der Waals surface area contributed by atoms with E-state index < -0.39 is 0 Å². The number of oxazole rings is 1. The van der Waals surface area contributed by atoms with E-state index in [1.165, 1.54) is 0 Å². The topological polar surface area (TPSA) is 89.4 Å². The van der Waals surface area contributed by atoms with Crippen LogP contribution in [0, 0.1) is 12.8 Å². The third-order valence-corrected chi connectivity index (χ3v) is 4.90. The highest BCUT2D eigenvalue weighted by atomic mass is 35.5. The number of carbonyl (C=O) groups is 2. The minimum atomic E-state index is -0.288. The zero-order valence-electron chi connectivity index (χ0n) is 14.0. The molecule has 1 aromatic carbocycles. The number of nitrogens with zero attached hydrogens (tertiary/aromatic N) is 2. The van der Waals surface area contributed by atoms with Gasteiger partial charge >= 0.3 is 0 Å². The van der Waals surface area contributed by atoms with Gasteiger partial charge in [-0.05, 0) is 31.9 Å². The molecule has 1 saturated heterocycles. The number of benzene rings is 1. The molecule has 3 rings (SSSR count). The molecule has 1 aromatic heterocycles. The molecule has 0 unspecified atom stereocenters. The Morgan fingerprint density at radius 1 is 1.32 bits per heavy atom. The molecule has 2 N–H and O–H groups in total. The van der Waals surface area contributed by atoms with E-state index in [0.29, 0.717) is 53.9 Å². The predicted molar refractivity (Wildman–Crippen MR) is 93.9 cm³/mol. The zero-order chi connectivity index (χ0) is 18.0. The van der Waals surface area contributed by atoms with Gasteiger partial charge in [0.15, 0.2) is 0 Å². The van der Waals surface area contributed by atoms with Crippen molar-refractivity contribution < 1.29 is 14.0 Å². The first-order valence-corrected chi connectivity index (χ1v) is 8.62. The van der Waals surface area contributed by atoms with Crippen molar-refractivity contribution >= 4 is 23.4 Å². The van der Waals surface area contributed by atoms with Gasteiger partial charge in [0.1, 0.15) is 5.76 Å². The van der Waals surface area contributed by atoms with Crippen LogP contribution in [-0.2, 0) is 16.0 Å². The Morgan fingerprint density at radius 2 is 2.00 bits per heavy atom. The maximum absolute atomic E-state index is 12.5. The Kier molecular flexibility index (Phi) is 5.08. The standard InChI is InChI=1S/C18H20ClN3O3/c1-11-15(21-18(25-11)13-4-2-3-5-14(13)19)10-16(23)22-8-6-12(7-9-22)17(20)24/h2-5,12H,6-10H2,1H3,(H2,20,24). The van der Waals surface area contributed by atoms with Gasteiger partial charge in [0.2, 0.25) is 17.7 Å². The first-order chi connectivity index (χ1) is 12.0. The fourth-order valence-electron chi connectivity index (χ4n) is 3.01. The Morgan fingerprint density at radius 3 is 2.64 bits per heavy atom. The Labute approximate surface area is 151 Å². The van der Waals surface area contributed by atoms with Crippen molar-refractivity contribution in [2.75, 3.05) is 13.1 Å². The minimum absolute atomic E-state index is 0.0231. The van der Waals surface area contributed by atoms with Gasteiger partial charge in [-0.1, -0.05) is 23.7 Å². The second-order valence-electron chi connectivity index (χ2n) is 6.24. The summed E-state index contributed by atoms with van der Waals surface area (Å²) in [7, 11) is 0. The van der Waals surface area contributed by atoms with Gasteiger partial charge < -0.3 is 15.1 Å². The number of primary amides is 1. The van der Waals surface area contributed by atoms with E-state index in [0.717, 1.165) is 0 Å². The number of piperidine rings is 1. The van der Waals surface area contributed by atoms with E-state index in [2.05, 4.69) is 4.98 Å². The smallest absolute Gasteiger partial charge is 0.228 e. The lowest BCUT2D eigenvalue weighted by molar-refractivity contribution is -0.134. The maximum atomic E-state index is 12.5. The number of nitrogens with two attached hydrogens (primary N) is 1. The molecule has 1 aliphatic heterocycles. The summed E-state index contributed by atoms with van der Waals surface area (Å²) in [5, 5.41) is 0.551. The van der Waals surface area contributed by atoms with Crippen molar-refractivity contribution in [3.05, 3.63) is 40.7 Å². The number of aryl methyl sites for hydroxylation is 1. The number of aromatic nitrogens is 1. The number of halogens is 1. The van der Waals surface area contributed by atoms with Crippen LogP contribution in [0.25, 0.3) is 11.5 Å². The first-order valence-electron chi connectivity index (χ1n) is 8.24. The van der Waals surface area contributed by atoms with Crippen LogP contribution in [0.1, 0.15) is 24.3 Å². The number of likely N-dealkylation sites (tertiary alicyclic amines) is 1. The average Bonchev–Trinajstić information content (AvgIpc) is 2.95. The molecule has 2 amide bonds. The van der Waals surface area contributed by atoms with E-state index in [1.807, 2.05) is 18.2 Å². The molecule has 2 heterocycles.